The lowest BCUT2D eigenvalue weighted by Crippen LogP contribution is -2.45. The van der Waals surface area contributed by atoms with Crippen molar-refractivity contribution in [1.82, 2.24) is 4.90 Å². The molecule has 1 heterocycles. The summed E-state index contributed by atoms with van der Waals surface area (Å²) in [5.74, 6) is -1.44. The van der Waals surface area contributed by atoms with Gasteiger partial charge in [0.1, 0.15) is 12.4 Å². The Morgan fingerprint density at radius 1 is 1.38 bits per heavy atom. The highest BCUT2D eigenvalue weighted by Crippen LogP contribution is 2.23. The average Bonchev–Trinajstić information content (AvgIpc) is 2.86. The van der Waals surface area contributed by atoms with Crippen molar-refractivity contribution in [3.05, 3.63) is 29.0 Å². The first-order chi connectivity index (χ1) is 11.1. The highest BCUT2D eigenvalue weighted by Gasteiger charge is 2.33. The zero-order valence-corrected chi connectivity index (χ0v) is 14.9. The molecule has 1 saturated heterocycles. The highest BCUT2D eigenvalue weighted by molar-refractivity contribution is 7.91. The minimum Gasteiger partial charge on any atom is -0.340 e. The van der Waals surface area contributed by atoms with Gasteiger partial charge in [-0.25, -0.2) is 12.8 Å². The molecule has 1 aromatic rings. The van der Waals surface area contributed by atoms with E-state index in [1.807, 2.05) is 0 Å². The molecular formula is C15H18ClFN2O4S. The molecule has 24 heavy (non-hydrogen) atoms. The number of carbonyl (C=O) groups excluding carboxylic acids is 2. The Hall–Kier alpha value is -1.67. The van der Waals surface area contributed by atoms with Crippen LogP contribution in [0.15, 0.2) is 18.2 Å². The van der Waals surface area contributed by atoms with Crippen LogP contribution in [0.3, 0.4) is 0 Å². The smallest absolute Gasteiger partial charge is 0.242 e. The number of sulfone groups is 1. The molecule has 9 heteroatoms. The molecule has 1 fully saturated rings. The second-order valence-corrected chi connectivity index (χ2v) is 8.40. The van der Waals surface area contributed by atoms with Gasteiger partial charge >= 0.3 is 0 Å². The SMILES string of the molecule is CC(=O)N(CC(=O)N(C)C1CCS(=O)(=O)C1)c1ccc(F)c(Cl)c1. The lowest BCUT2D eigenvalue weighted by Gasteiger charge is -2.27. The van der Waals surface area contributed by atoms with Gasteiger partial charge in [0.05, 0.1) is 16.5 Å². The number of hydrogen-bond acceptors (Lipinski definition) is 4. The van der Waals surface area contributed by atoms with E-state index < -0.39 is 33.5 Å². The van der Waals surface area contributed by atoms with Crippen LogP contribution in [0, 0.1) is 5.82 Å². The number of likely N-dealkylation sites (N-methyl/N-ethyl adjacent to an activating group) is 1. The molecule has 1 aliphatic rings. The van der Waals surface area contributed by atoms with E-state index in [4.69, 9.17) is 11.6 Å². The Kier molecular flexibility index (Phi) is 5.49. The molecule has 0 saturated carbocycles. The van der Waals surface area contributed by atoms with Crippen molar-refractivity contribution in [3.63, 3.8) is 0 Å². The maximum absolute atomic E-state index is 13.3. The molecule has 1 unspecified atom stereocenters. The maximum Gasteiger partial charge on any atom is 0.242 e. The number of benzene rings is 1. The van der Waals surface area contributed by atoms with Gasteiger partial charge < -0.3 is 9.80 Å². The fraction of sp³-hybridized carbons (Fsp3) is 0.467. The molecule has 1 atom stereocenters. The zero-order valence-electron chi connectivity index (χ0n) is 13.3. The molecule has 0 radical (unpaired) electrons. The van der Waals surface area contributed by atoms with Crippen molar-refractivity contribution >= 4 is 38.9 Å². The van der Waals surface area contributed by atoms with E-state index in [1.54, 1.807) is 0 Å². The second kappa shape index (κ2) is 7.06. The lowest BCUT2D eigenvalue weighted by atomic mass is 10.2. The number of anilines is 1. The fourth-order valence-corrected chi connectivity index (χ4v) is 4.52. The predicted molar refractivity (Wildman–Crippen MR) is 89.3 cm³/mol. The van der Waals surface area contributed by atoms with Gasteiger partial charge in [-0.05, 0) is 24.6 Å². The van der Waals surface area contributed by atoms with Crippen LogP contribution in [0.2, 0.25) is 5.02 Å². The van der Waals surface area contributed by atoms with Crippen molar-refractivity contribution in [2.75, 3.05) is 30.0 Å². The molecule has 1 aliphatic heterocycles. The van der Waals surface area contributed by atoms with Crippen molar-refractivity contribution < 1.29 is 22.4 Å². The summed E-state index contributed by atoms with van der Waals surface area (Å²) in [6.07, 6.45) is 0.382. The molecule has 6 nitrogen and oxygen atoms in total. The van der Waals surface area contributed by atoms with Gasteiger partial charge in [0.2, 0.25) is 11.8 Å². The summed E-state index contributed by atoms with van der Waals surface area (Å²) >= 11 is 5.72. The van der Waals surface area contributed by atoms with Gasteiger partial charge in [0.15, 0.2) is 9.84 Å². The Balaban J connectivity index is 2.14. The zero-order chi connectivity index (χ0) is 18.1. The summed E-state index contributed by atoms with van der Waals surface area (Å²) in [5, 5.41) is -0.151. The number of amides is 2. The number of halogens is 2. The third-order valence-electron chi connectivity index (χ3n) is 4.04. The van der Waals surface area contributed by atoms with Gasteiger partial charge in [0.25, 0.3) is 0 Å². The van der Waals surface area contributed by atoms with Crippen LogP contribution in [0.4, 0.5) is 10.1 Å². The number of carbonyl (C=O) groups is 2. The molecule has 2 amide bonds. The van der Waals surface area contributed by atoms with E-state index in [0.717, 1.165) is 6.07 Å². The Bertz CT molecular complexity index is 769. The topological polar surface area (TPSA) is 74.8 Å². The van der Waals surface area contributed by atoms with Crippen LogP contribution in [0.1, 0.15) is 13.3 Å². The molecule has 0 bridgehead atoms. The molecule has 132 valence electrons. The first kappa shape index (κ1) is 18.7. The normalized spacial score (nSPS) is 19.1. The molecule has 1 aromatic carbocycles. The fourth-order valence-electron chi connectivity index (χ4n) is 2.57. The first-order valence-corrected chi connectivity index (χ1v) is 9.50. The average molecular weight is 377 g/mol. The standard InChI is InChI=1S/C15H18ClFN2O4S/c1-10(20)19(11-3-4-14(17)13(16)7-11)8-15(21)18(2)12-5-6-24(22,23)9-12/h3-4,7,12H,5-6,8-9H2,1-2H3. The van der Waals surface area contributed by atoms with Gasteiger partial charge in [-0.15, -0.1) is 0 Å². The van der Waals surface area contributed by atoms with Crippen LogP contribution >= 0.6 is 11.6 Å². The number of rotatable bonds is 4. The van der Waals surface area contributed by atoms with E-state index in [2.05, 4.69) is 0 Å². The molecular weight excluding hydrogens is 359 g/mol. The van der Waals surface area contributed by atoms with E-state index in [0.29, 0.717) is 12.1 Å². The van der Waals surface area contributed by atoms with Crippen LogP contribution in [0.25, 0.3) is 0 Å². The third-order valence-corrected chi connectivity index (χ3v) is 6.08. The van der Waals surface area contributed by atoms with Crippen LogP contribution in [0.5, 0.6) is 0 Å². The molecule has 2 rings (SSSR count). The quantitative estimate of drug-likeness (QED) is 0.797. The molecule has 0 N–H and O–H groups in total. The minimum absolute atomic E-state index is 0.0548. The van der Waals surface area contributed by atoms with Gasteiger partial charge in [-0.1, -0.05) is 11.6 Å². The molecule has 0 spiro atoms. The largest absolute Gasteiger partial charge is 0.340 e. The monoisotopic (exact) mass is 376 g/mol. The number of nitrogens with zero attached hydrogens (tertiary/aromatic N) is 2. The van der Waals surface area contributed by atoms with Crippen molar-refractivity contribution in [2.45, 2.75) is 19.4 Å². The Morgan fingerprint density at radius 2 is 2.04 bits per heavy atom. The second-order valence-electron chi connectivity index (χ2n) is 5.77. The van der Waals surface area contributed by atoms with Gasteiger partial charge in [-0.2, -0.15) is 0 Å². The summed E-state index contributed by atoms with van der Waals surface area (Å²) < 4.78 is 36.3. The molecule has 0 aliphatic carbocycles. The minimum atomic E-state index is -3.11. The van der Waals surface area contributed by atoms with Gasteiger partial charge in [0, 0.05) is 25.7 Å². The maximum atomic E-state index is 13.3. The third kappa shape index (κ3) is 4.24. The summed E-state index contributed by atoms with van der Waals surface area (Å²) in [6.45, 7) is 1.01. The van der Waals surface area contributed by atoms with Crippen LogP contribution < -0.4 is 4.90 Å². The van der Waals surface area contributed by atoms with Crippen LogP contribution in [-0.4, -0.2) is 56.3 Å². The van der Waals surface area contributed by atoms with Crippen molar-refractivity contribution in [1.29, 1.82) is 0 Å². The van der Waals surface area contributed by atoms with Gasteiger partial charge in [-0.3, -0.25) is 9.59 Å². The van der Waals surface area contributed by atoms with E-state index in [-0.39, 0.29) is 23.1 Å². The Morgan fingerprint density at radius 3 is 2.54 bits per heavy atom. The van der Waals surface area contributed by atoms with E-state index in [9.17, 15) is 22.4 Å². The van der Waals surface area contributed by atoms with E-state index in [1.165, 1.54) is 35.9 Å². The van der Waals surface area contributed by atoms with E-state index >= 15 is 0 Å². The summed E-state index contributed by atoms with van der Waals surface area (Å²) in [7, 11) is -1.60. The highest BCUT2D eigenvalue weighted by atomic mass is 35.5. The molecule has 0 aromatic heterocycles. The van der Waals surface area contributed by atoms with Crippen LogP contribution in [-0.2, 0) is 19.4 Å². The van der Waals surface area contributed by atoms with Crippen molar-refractivity contribution in [2.24, 2.45) is 0 Å². The summed E-state index contributed by atoms with van der Waals surface area (Å²) in [6, 6.07) is 3.35. The summed E-state index contributed by atoms with van der Waals surface area (Å²) in [5.41, 5.74) is 0.301. The first-order valence-electron chi connectivity index (χ1n) is 7.30. The lowest BCUT2D eigenvalue weighted by molar-refractivity contribution is -0.131. The summed E-state index contributed by atoms with van der Waals surface area (Å²) in [4.78, 5) is 26.8. The number of hydrogen-bond donors (Lipinski definition) is 0. The Labute approximate surface area is 145 Å². The van der Waals surface area contributed by atoms with Crippen molar-refractivity contribution in [3.8, 4) is 0 Å². The predicted octanol–water partition coefficient (Wildman–Crippen LogP) is 1.48.